The average Bonchev–Trinajstić information content (AvgIpc) is 2.65. The monoisotopic (exact) mass is 381 g/mol. The van der Waals surface area contributed by atoms with Gasteiger partial charge in [-0.2, -0.15) is 13.2 Å². The minimum Gasteiger partial charge on any atom is -0.496 e. The highest BCUT2D eigenvalue weighted by atomic mass is 19.4. The molecule has 0 spiro atoms. The lowest BCUT2D eigenvalue weighted by atomic mass is 9.93. The topological polar surface area (TPSA) is 47.6 Å². The van der Waals surface area contributed by atoms with E-state index >= 15 is 0 Å². The fraction of sp³-hybridized carbons (Fsp3) is 0.350. The number of esters is 1. The third-order valence-corrected chi connectivity index (χ3v) is 4.17. The van der Waals surface area contributed by atoms with Gasteiger partial charge in [0.15, 0.2) is 0 Å². The molecule has 0 aliphatic carbocycles. The van der Waals surface area contributed by atoms with Gasteiger partial charge in [-0.25, -0.2) is 0 Å². The van der Waals surface area contributed by atoms with Gasteiger partial charge in [-0.3, -0.25) is 4.79 Å². The van der Waals surface area contributed by atoms with Crippen molar-refractivity contribution in [3.05, 3.63) is 53.1 Å². The van der Waals surface area contributed by atoms with Crippen LogP contribution in [0.5, 0.6) is 5.75 Å². The van der Waals surface area contributed by atoms with E-state index in [0.29, 0.717) is 12.1 Å². The molecule has 0 atom stereocenters. The van der Waals surface area contributed by atoms with Crippen molar-refractivity contribution in [1.29, 1.82) is 0 Å². The predicted octanol–water partition coefficient (Wildman–Crippen LogP) is 4.21. The van der Waals surface area contributed by atoms with E-state index in [0.717, 1.165) is 30.8 Å². The summed E-state index contributed by atoms with van der Waals surface area (Å²) in [7, 11) is 2.47. The van der Waals surface area contributed by atoms with Crippen LogP contribution in [0, 0.1) is 0 Å². The van der Waals surface area contributed by atoms with Gasteiger partial charge < -0.3 is 14.8 Å². The zero-order chi connectivity index (χ0) is 20.0. The number of carbonyl (C=O) groups is 1. The fourth-order valence-electron chi connectivity index (χ4n) is 2.84. The van der Waals surface area contributed by atoms with Gasteiger partial charge in [0, 0.05) is 12.1 Å². The zero-order valence-electron chi connectivity index (χ0n) is 15.4. The summed E-state index contributed by atoms with van der Waals surface area (Å²) in [5.41, 5.74) is 1.11. The molecule has 2 aromatic carbocycles. The van der Waals surface area contributed by atoms with Gasteiger partial charge in [0.1, 0.15) is 5.75 Å². The Labute approximate surface area is 156 Å². The number of nitrogens with one attached hydrogen (secondary N) is 1. The van der Waals surface area contributed by atoms with Crippen LogP contribution in [0.2, 0.25) is 0 Å². The molecule has 0 saturated carbocycles. The number of ether oxygens (including phenoxy) is 2. The molecule has 0 heterocycles. The summed E-state index contributed by atoms with van der Waals surface area (Å²) in [6.07, 6.45) is -5.09. The maximum Gasteiger partial charge on any atom is 0.416 e. The molecule has 2 aromatic rings. The molecular formula is C20H22F3NO3. The van der Waals surface area contributed by atoms with Crippen molar-refractivity contribution < 1.29 is 27.4 Å². The number of benzene rings is 2. The van der Waals surface area contributed by atoms with E-state index in [-0.39, 0.29) is 11.3 Å². The Hall–Kier alpha value is -2.54. The van der Waals surface area contributed by atoms with Crippen LogP contribution in [0.25, 0.3) is 11.1 Å². The van der Waals surface area contributed by atoms with Crippen molar-refractivity contribution >= 4 is 5.97 Å². The van der Waals surface area contributed by atoms with Crippen molar-refractivity contribution in [3.63, 3.8) is 0 Å². The van der Waals surface area contributed by atoms with Crippen LogP contribution >= 0.6 is 0 Å². The Morgan fingerprint density at radius 2 is 1.78 bits per heavy atom. The normalized spacial score (nSPS) is 11.3. The molecular weight excluding hydrogens is 359 g/mol. The summed E-state index contributed by atoms with van der Waals surface area (Å²) in [5, 5.41) is 3.21. The molecule has 2 rings (SSSR count). The van der Waals surface area contributed by atoms with Gasteiger partial charge in [-0.15, -0.1) is 0 Å². The van der Waals surface area contributed by atoms with E-state index < -0.39 is 24.1 Å². The molecule has 0 fully saturated rings. The maximum atomic E-state index is 13.5. The third-order valence-electron chi connectivity index (χ3n) is 4.17. The molecule has 0 aliphatic rings. The standard InChI is InChI=1S/C20H22F3NO3/c1-4-24-12-13-7-5-6-8-15(13)16-9-14(10-19(25)27-3)17(20(21,22)23)11-18(16)26-2/h5-9,11,24H,4,10,12H2,1-3H3. The first-order chi connectivity index (χ1) is 12.8. The number of alkyl halides is 3. The molecule has 0 amide bonds. The highest BCUT2D eigenvalue weighted by Gasteiger charge is 2.35. The maximum absolute atomic E-state index is 13.5. The van der Waals surface area contributed by atoms with Crippen molar-refractivity contribution in [2.45, 2.75) is 26.1 Å². The van der Waals surface area contributed by atoms with E-state index in [1.807, 2.05) is 31.2 Å². The summed E-state index contributed by atoms with van der Waals surface area (Å²) in [5.74, 6) is -0.641. The minimum atomic E-state index is -4.61. The molecule has 0 unspecified atom stereocenters. The second kappa shape index (κ2) is 8.90. The first-order valence-electron chi connectivity index (χ1n) is 8.45. The van der Waals surface area contributed by atoms with Crippen LogP contribution in [0.3, 0.4) is 0 Å². The largest absolute Gasteiger partial charge is 0.496 e. The Morgan fingerprint density at radius 1 is 1.07 bits per heavy atom. The van der Waals surface area contributed by atoms with Gasteiger partial charge in [-0.1, -0.05) is 31.2 Å². The molecule has 0 aliphatic heterocycles. The zero-order valence-corrected chi connectivity index (χ0v) is 15.4. The minimum absolute atomic E-state index is 0.0971. The van der Waals surface area contributed by atoms with Crippen molar-refractivity contribution in [1.82, 2.24) is 5.32 Å². The molecule has 0 bridgehead atoms. The second-order valence-corrected chi connectivity index (χ2v) is 5.90. The average molecular weight is 381 g/mol. The number of hydrogen-bond donors (Lipinski definition) is 1. The second-order valence-electron chi connectivity index (χ2n) is 5.90. The molecule has 1 N–H and O–H groups in total. The number of hydrogen-bond acceptors (Lipinski definition) is 4. The molecule has 4 nitrogen and oxygen atoms in total. The van der Waals surface area contributed by atoms with Gasteiger partial charge >= 0.3 is 12.1 Å². The number of methoxy groups -OCH3 is 2. The van der Waals surface area contributed by atoms with Crippen LogP contribution in [0.4, 0.5) is 13.2 Å². The SMILES string of the molecule is CCNCc1ccccc1-c1cc(CC(=O)OC)c(C(F)(F)F)cc1OC. The van der Waals surface area contributed by atoms with E-state index in [1.165, 1.54) is 13.2 Å². The summed E-state index contributed by atoms with van der Waals surface area (Å²) >= 11 is 0. The van der Waals surface area contributed by atoms with Crippen LogP contribution in [-0.4, -0.2) is 26.7 Å². The Kier molecular flexibility index (Phi) is 6.85. The molecule has 7 heteroatoms. The van der Waals surface area contributed by atoms with E-state index in [9.17, 15) is 18.0 Å². The van der Waals surface area contributed by atoms with Gasteiger partial charge in [-0.05, 0) is 35.4 Å². The Bertz CT molecular complexity index is 804. The number of halogens is 3. The highest BCUT2D eigenvalue weighted by Crippen LogP contribution is 2.41. The van der Waals surface area contributed by atoms with Crippen molar-refractivity contribution in [2.24, 2.45) is 0 Å². The molecule has 0 aromatic heterocycles. The summed E-state index contributed by atoms with van der Waals surface area (Å²) < 4.78 is 50.2. The lowest BCUT2D eigenvalue weighted by molar-refractivity contribution is -0.141. The quantitative estimate of drug-likeness (QED) is 0.730. The van der Waals surface area contributed by atoms with Crippen molar-refractivity contribution in [2.75, 3.05) is 20.8 Å². The van der Waals surface area contributed by atoms with E-state index in [1.54, 1.807) is 0 Å². The first-order valence-corrected chi connectivity index (χ1v) is 8.45. The summed E-state index contributed by atoms with van der Waals surface area (Å²) in [6.45, 7) is 3.28. The van der Waals surface area contributed by atoms with Gasteiger partial charge in [0.2, 0.25) is 0 Å². The Balaban J connectivity index is 2.66. The molecule has 0 saturated heterocycles. The molecule has 146 valence electrons. The highest BCUT2D eigenvalue weighted by molar-refractivity contribution is 5.78. The predicted molar refractivity (Wildman–Crippen MR) is 96.5 cm³/mol. The lowest BCUT2D eigenvalue weighted by Gasteiger charge is -2.19. The van der Waals surface area contributed by atoms with Crippen LogP contribution in [0.1, 0.15) is 23.6 Å². The van der Waals surface area contributed by atoms with Crippen LogP contribution in [-0.2, 0) is 28.7 Å². The van der Waals surface area contributed by atoms with E-state index in [4.69, 9.17) is 4.74 Å². The van der Waals surface area contributed by atoms with Crippen LogP contribution < -0.4 is 10.1 Å². The third kappa shape index (κ3) is 5.01. The smallest absolute Gasteiger partial charge is 0.416 e. The number of carbonyl (C=O) groups excluding carboxylic acids is 1. The fourth-order valence-corrected chi connectivity index (χ4v) is 2.84. The van der Waals surface area contributed by atoms with Gasteiger partial charge in [0.05, 0.1) is 26.2 Å². The Morgan fingerprint density at radius 3 is 2.37 bits per heavy atom. The first kappa shape index (κ1) is 20.8. The van der Waals surface area contributed by atoms with Gasteiger partial charge in [0.25, 0.3) is 0 Å². The summed E-state index contributed by atoms with van der Waals surface area (Å²) in [6, 6.07) is 9.69. The number of rotatable bonds is 7. The molecule has 27 heavy (non-hydrogen) atoms. The molecule has 0 radical (unpaired) electrons. The van der Waals surface area contributed by atoms with Crippen LogP contribution in [0.15, 0.2) is 36.4 Å². The van der Waals surface area contributed by atoms with E-state index in [2.05, 4.69) is 10.1 Å². The van der Waals surface area contributed by atoms with Crippen molar-refractivity contribution in [3.8, 4) is 16.9 Å². The summed E-state index contributed by atoms with van der Waals surface area (Å²) in [4.78, 5) is 11.6. The lowest BCUT2D eigenvalue weighted by Crippen LogP contribution is -2.15.